The number of ether oxygens (including phenoxy) is 3. The van der Waals surface area contributed by atoms with Crippen molar-refractivity contribution in [2.24, 2.45) is 0 Å². The van der Waals surface area contributed by atoms with E-state index in [1.165, 1.54) is 13.1 Å². The molecule has 0 radical (unpaired) electrons. The van der Waals surface area contributed by atoms with Gasteiger partial charge >= 0.3 is 29.2 Å². The smallest absolute Gasteiger partial charge is 0.354 e. The summed E-state index contributed by atoms with van der Waals surface area (Å²) in [7, 11) is -16.7. The first-order valence-electron chi connectivity index (χ1n) is 9.44. The van der Waals surface area contributed by atoms with Gasteiger partial charge in [0.25, 0.3) is 5.56 Å². The van der Waals surface area contributed by atoms with E-state index in [9.17, 15) is 33.1 Å². The van der Waals surface area contributed by atoms with Gasteiger partial charge in [-0.25, -0.2) is 18.5 Å². The number of hydrogen-bond donors (Lipinski definition) is 5. The second-order valence-corrected chi connectivity index (χ2v) is 11.3. The number of aromatic amines is 1. The maximum atomic E-state index is 12.2. The van der Waals surface area contributed by atoms with Crippen LogP contribution < -0.4 is 11.2 Å². The lowest BCUT2D eigenvalue weighted by molar-refractivity contribution is -0.117. The fourth-order valence-electron chi connectivity index (χ4n) is 2.78. The molecule has 1 aliphatic heterocycles. The lowest BCUT2D eigenvalue weighted by Crippen LogP contribution is -2.33. The van der Waals surface area contributed by atoms with Gasteiger partial charge in [-0.1, -0.05) is 0 Å². The van der Waals surface area contributed by atoms with E-state index < -0.39 is 59.8 Å². The van der Waals surface area contributed by atoms with Crippen LogP contribution in [0.4, 0.5) is 0 Å². The first kappa shape index (κ1) is 29.7. The van der Waals surface area contributed by atoms with E-state index >= 15 is 0 Å². The summed E-state index contributed by atoms with van der Waals surface area (Å²) in [5.74, 6) is 0. The Morgan fingerprint density at radius 1 is 1.20 bits per heavy atom. The average Bonchev–Trinajstić information content (AvgIpc) is 3.09. The first-order chi connectivity index (χ1) is 16.1. The van der Waals surface area contributed by atoms with Gasteiger partial charge in [0.05, 0.1) is 31.8 Å². The fourth-order valence-corrected chi connectivity index (χ4v) is 5.81. The lowest BCUT2D eigenvalue weighted by atomic mass is 10.2. The van der Waals surface area contributed by atoms with Gasteiger partial charge < -0.3 is 33.8 Å². The molecule has 0 spiro atoms. The number of H-pyrrole nitrogens is 1. The average molecular weight is 565 g/mol. The molecule has 18 nitrogen and oxygen atoms in total. The van der Waals surface area contributed by atoms with Crippen molar-refractivity contribution < 1.29 is 60.6 Å². The molecular weight excluding hydrogens is 543 g/mol. The number of nitriles is 1. The zero-order valence-corrected chi connectivity index (χ0v) is 20.5. The number of aromatic nitrogens is 2. The van der Waals surface area contributed by atoms with Gasteiger partial charge in [-0.2, -0.15) is 13.9 Å². The van der Waals surface area contributed by atoms with Crippen molar-refractivity contribution in [2.45, 2.75) is 38.2 Å². The molecule has 0 amide bonds. The third kappa shape index (κ3) is 9.79. The van der Waals surface area contributed by atoms with E-state index in [1.54, 1.807) is 0 Å². The van der Waals surface area contributed by atoms with Gasteiger partial charge in [-0.05, 0) is 6.92 Å². The summed E-state index contributed by atoms with van der Waals surface area (Å²) in [5.41, 5.74) is -1.25. The third-order valence-corrected chi connectivity index (χ3v) is 7.98. The highest BCUT2D eigenvalue weighted by molar-refractivity contribution is 7.66. The first-order valence-corrected chi connectivity index (χ1v) is 14.0. The highest BCUT2D eigenvalue weighted by Crippen LogP contribution is 2.66. The molecule has 0 aromatic carbocycles. The number of phosphoric acid groups is 3. The van der Waals surface area contributed by atoms with Crippen LogP contribution in [0.5, 0.6) is 0 Å². The number of phosphoric ester groups is 1. The van der Waals surface area contributed by atoms with Crippen LogP contribution in [-0.4, -0.2) is 61.3 Å². The Balaban J connectivity index is 2.12. The minimum Gasteiger partial charge on any atom is -0.354 e. The molecule has 21 heteroatoms. The quantitative estimate of drug-likeness (QED) is 0.117. The van der Waals surface area contributed by atoms with Gasteiger partial charge in [0.15, 0.2) is 0 Å². The highest BCUT2D eigenvalue weighted by Gasteiger charge is 2.43. The largest absolute Gasteiger partial charge is 0.490 e. The summed E-state index contributed by atoms with van der Waals surface area (Å²) in [6.45, 7) is 0.305. The van der Waals surface area contributed by atoms with Crippen molar-refractivity contribution in [3.8, 4) is 6.07 Å². The molecule has 2 heterocycles. The zero-order chi connectivity index (χ0) is 26.4. The molecule has 198 valence electrons. The molecular formula is C14H22N3O15P3. The molecule has 1 saturated heterocycles. The molecule has 1 aromatic rings. The summed E-state index contributed by atoms with van der Waals surface area (Å²) >= 11 is 0. The standard InChI is InChI=1S/C14H22N3O15P3/c1-9-6-17(14(19)16-13(9)18)12-5-10(28-8-27-4-2-3-15)11(30-12)7-29-34(23,24)32-35(25,26)31-33(20,21)22/h6,10-12H,2,4-5,7-8H2,1H3,(H,23,24)(H,25,26)(H,16,18,19)(H2,20,21,22)/t10?,11-,12-/m1/s1. The van der Waals surface area contributed by atoms with Crippen LogP contribution >= 0.6 is 23.5 Å². The van der Waals surface area contributed by atoms with Crippen LogP contribution in [0.2, 0.25) is 0 Å². The van der Waals surface area contributed by atoms with Crippen molar-refractivity contribution in [2.75, 3.05) is 20.0 Å². The number of hydrogen-bond acceptors (Lipinski definition) is 12. The Morgan fingerprint density at radius 3 is 2.51 bits per heavy atom. The lowest BCUT2D eigenvalue weighted by Gasteiger charge is -2.21. The summed E-state index contributed by atoms with van der Waals surface area (Å²) in [6.07, 6.45) is -1.95. The Morgan fingerprint density at radius 2 is 1.89 bits per heavy atom. The van der Waals surface area contributed by atoms with E-state index in [2.05, 4.69) is 18.1 Å². The molecule has 1 aliphatic rings. The number of aryl methyl sites for hydroxylation is 1. The third-order valence-electron chi connectivity index (χ3n) is 4.18. The molecule has 5 atom stereocenters. The van der Waals surface area contributed by atoms with Crippen molar-refractivity contribution >= 4 is 23.5 Å². The van der Waals surface area contributed by atoms with Crippen LogP contribution in [0.25, 0.3) is 0 Å². The fraction of sp³-hybridized carbons (Fsp3) is 0.643. The topological polar surface area (TPSA) is 266 Å². The molecule has 2 rings (SSSR count). The van der Waals surface area contributed by atoms with Crippen LogP contribution in [-0.2, 0) is 41.1 Å². The maximum Gasteiger partial charge on any atom is 0.490 e. The summed E-state index contributed by atoms with van der Waals surface area (Å²) in [4.78, 5) is 61.9. The summed E-state index contributed by atoms with van der Waals surface area (Å²) in [5, 5.41) is 8.52. The van der Waals surface area contributed by atoms with Crippen LogP contribution in [0.15, 0.2) is 15.8 Å². The minimum atomic E-state index is -5.72. The van der Waals surface area contributed by atoms with Crippen LogP contribution in [0.1, 0.15) is 24.6 Å². The summed E-state index contributed by atoms with van der Waals surface area (Å²) < 4.78 is 63.3. The predicted molar refractivity (Wildman–Crippen MR) is 110 cm³/mol. The van der Waals surface area contributed by atoms with Crippen LogP contribution in [0, 0.1) is 18.3 Å². The number of rotatable bonds is 13. The molecule has 1 fully saturated rings. The van der Waals surface area contributed by atoms with E-state index in [1.807, 2.05) is 6.07 Å². The second-order valence-electron chi connectivity index (χ2n) is 6.87. The molecule has 35 heavy (non-hydrogen) atoms. The number of nitrogens with one attached hydrogen (secondary N) is 1. The minimum absolute atomic E-state index is 0.0400. The number of nitrogens with zero attached hydrogens (tertiary/aromatic N) is 2. The van der Waals surface area contributed by atoms with Crippen LogP contribution in [0.3, 0.4) is 0 Å². The van der Waals surface area contributed by atoms with E-state index in [0.29, 0.717) is 0 Å². The van der Waals surface area contributed by atoms with E-state index in [-0.39, 0.29) is 31.8 Å². The zero-order valence-electron chi connectivity index (χ0n) is 17.9. The van der Waals surface area contributed by atoms with Crippen molar-refractivity contribution in [1.82, 2.24) is 9.55 Å². The Hall–Kier alpha value is -1.54. The Kier molecular flexibility index (Phi) is 10.3. The molecule has 3 unspecified atom stereocenters. The Labute approximate surface area is 196 Å². The highest BCUT2D eigenvalue weighted by atomic mass is 31.3. The molecule has 1 aromatic heterocycles. The van der Waals surface area contributed by atoms with E-state index in [4.69, 9.17) is 29.3 Å². The van der Waals surface area contributed by atoms with Gasteiger partial charge in [0, 0.05) is 18.2 Å². The maximum absolute atomic E-state index is 12.2. The van der Waals surface area contributed by atoms with Crippen molar-refractivity contribution in [3.63, 3.8) is 0 Å². The molecule has 5 N–H and O–H groups in total. The summed E-state index contributed by atoms with van der Waals surface area (Å²) in [6, 6.07) is 1.85. The van der Waals surface area contributed by atoms with Gasteiger partial charge in [-0.3, -0.25) is 18.9 Å². The van der Waals surface area contributed by atoms with E-state index in [0.717, 1.165) is 4.57 Å². The monoisotopic (exact) mass is 565 g/mol. The van der Waals surface area contributed by atoms with Gasteiger partial charge in [0.2, 0.25) is 0 Å². The van der Waals surface area contributed by atoms with Crippen molar-refractivity contribution in [1.29, 1.82) is 5.26 Å². The van der Waals surface area contributed by atoms with Gasteiger partial charge in [-0.15, -0.1) is 0 Å². The predicted octanol–water partition coefficient (Wildman–Crippen LogP) is -0.251. The molecule has 0 bridgehead atoms. The normalized spacial score (nSPS) is 23.9. The molecule has 0 aliphatic carbocycles. The SMILES string of the molecule is Cc1cn([C@H]2CC(OCOCCC#N)[C@@H](COP(=O)(O)OP(=O)(O)OP(=O)(O)O)O2)c(=O)[nH]c1=O. The second kappa shape index (κ2) is 12.1. The molecule has 0 saturated carbocycles. The Bertz CT molecular complexity index is 1190. The van der Waals surface area contributed by atoms with Gasteiger partial charge in [0.1, 0.15) is 19.1 Å². The van der Waals surface area contributed by atoms with Crippen molar-refractivity contribution in [3.05, 3.63) is 32.6 Å².